The van der Waals surface area contributed by atoms with Gasteiger partial charge in [-0.1, -0.05) is 53.0 Å². The molecule has 1 heterocycles. The van der Waals surface area contributed by atoms with E-state index in [9.17, 15) is 19.1 Å². The number of carboxylic acids is 1. The van der Waals surface area contributed by atoms with Crippen LogP contribution in [0.15, 0.2) is 54.6 Å². The molecule has 5 nitrogen and oxygen atoms in total. The van der Waals surface area contributed by atoms with E-state index in [1.807, 2.05) is 6.92 Å². The summed E-state index contributed by atoms with van der Waals surface area (Å²) in [5.74, 6) is -1.15. The lowest BCUT2D eigenvalue weighted by atomic mass is 9.91. The van der Waals surface area contributed by atoms with Crippen LogP contribution in [0.2, 0.25) is 15.1 Å². The Hall–Kier alpha value is -2.80. The zero-order valence-electron chi connectivity index (χ0n) is 19.4. The van der Waals surface area contributed by atoms with Crippen LogP contribution in [-0.4, -0.2) is 34.0 Å². The standard InChI is InChI=1S/C27H23Cl3FNO4/c1-27(13-16-5-7-22(31)21(29)11-16)14-19-12-17(6-8-23(19)36-27)26(35)32(10-9-24(33)34)15-18-3-2-4-20(28)25(18)30/h2-8,11-12H,9-10,13-15H2,1H3,(H,33,34)/t27-/m0/s1. The Bertz CT molecular complexity index is 1330. The lowest BCUT2D eigenvalue weighted by molar-refractivity contribution is -0.137. The van der Waals surface area contributed by atoms with Gasteiger partial charge in [0.2, 0.25) is 0 Å². The van der Waals surface area contributed by atoms with E-state index in [2.05, 4.69) is 0 Å². The Morgan fingerprint density at radius 2 is 1.86 bits per heavy atom. The highest BCUT2D eigenvalue weighted by Gasteiger charge is 2.36. The van der Waals surface area contributed by atoms with Crippen molar-refractivity contribution >= 4 is 46.7 Å². The van der Waals surface area contributed by atoms with Crippen molar-refractivity contribution in [1.82, 2.24) is 4.90 Å². The Balaban J connectivity index is 1.54. The van der Waals surface area contributed by atoms with E-state index in [-0.39, 0.29) is 30.4 Å². The van der Waals surface area contributed by atoms with Crippen molar-refractivity contribution in [3.63, 3.8) is 0 Å². The molecule has 0 spiro atoms. The molecule has 1 N–H and O–H groups in total. The maximum Gasteiger partial charge on any atom is 0.305 e. The fourth-order valence-corrected chi connectivity index (χ4v) is 4.96. The summed E-state index contributed by atoms with van der Waals surface area (Å²) in [5, 5.41) is 9.93. The van der Waals surface area contributed by atoms with Gasteiger partial charge in [0.05, 0.1) is 21.5 Å². The molecule has 9 heteroatoms. The van der Waals surface area contributed by atoms with E-state index in [0.717, 1.165) is 11.1 Å². The van der Waals surface area contributed by atoms with Gasteiger partial charge in [-0.25, -0.2) is 4.39 Å². The third-order valence-corrected chi connectivity index (χ3v) is 7.21. The average molecular weight is 551 g/mol. The van der Waals surface area contributed by atoms with Gasteiger partial charge in [0.25, 0.3) is 5.91 Å². The van der Waals surface area contributed by atoms with Crippen LogP contribution >= 0.6 is 34.8 Å². The number of carbonyl (C=O) groups is 2. The highest BCUT2D eigenvalue weighted by molar-refractivity contribution is 6.42. The first-order chi connectivity index (χ1) is 17.0. The Morgan fingerprint density at radius 1 is 1.08 bits per heavy atom. The topological polar surface area (TPSA) is 66.8 Å². The Kier molecular flexibility index (Phi) is 7.79. The second-order valence-electron chi connectivity index (χ2n) is 9.06. The molecule has 1 amide bonds. The van der Waals surface area contributed by atoms with Gasteiger partial charge >= 0.3 is 5.97 Å². The van der Waals surface area contributed by atoms with Gasteiger partial charge in [-0.15, -0.1) is 0 Å². The summed E-state index contributed by atoms with van der Waals surface area (Å²) in [5.41, 5.74) is 2.14. The number of hydrogen-bond acceptors (Lipinski definition) is 3. The summed E-state index contributed by atoms with van der Waals surface area (Å²) in [4.78, 5) is 26.1. The number of carbonyl (C=O) groups excluding carboxylic acids is 1. The zero-order chi connectivity index (χ0) is 26.0. The molecule has 0 radical (unpaired) electrons. The van der Waals surface area contributed by atoms with Crippen molar-refractivity contribution in [2.75, 3.05) is 6.54 Å². The molecule has 3 aromatic carbocycles. The van der Waals surface area contributed by atoms with Crippen LogP contribution < -0.4 is 4.74 Å². The molecular formula is C27H23Cl3FNO4. The molecule has 0 saturated heterocycles. The van der Waals surface area contributed by atoms with Crippen LogP contribution in [0.3, 0.4) is 0 Å². The number of rotatable bonds is 8. The van der Waals surface area contributed by atoms with Gasteiger partial charge in [0.1, 0.15) is 17.2 Å². The largest absolute Gasteiger partial charge is 0.487 e. The van der Waals surface area contributed by atoms with Gasteiger partial charge < -0.3 is 14.7 Å². The van der Waals surface area contributed by atoms with Crippen molar-refractivity contribution in [2.45, 2.75) is 38.3 Å². The number of nitrogens with zero attached hydrogens (tertiary/aromatic N) is 1. The normalized spacial score (nSPS) is 16.4. The van der Waals surface area contributed by atoms with Crippen LogP contribution in [0.5, 0.6) is 5.75 Å². The van der Waals surface area contributed by atoms with E-state index in [4.69, 9.17) is 39.5 Å². The number of ether oxygens (including phenoxy) is 1. The monoisotopic (exact) mass is 549 g/mol. The SMILES string of the molecule is C[C@]1(Cc2ccc(F)c(Cl)c2)Cc2cc(C(=O)N(CCC(=O)O)Cc3cccc(Cl)c3Cl)ccc2O1. The molecule has 1 aliphatic rings. The summed E-state index contributed by atoms with van der Waals surface area (Å²) in [6.45, 7) is 2.07. The van der Waals surface area contributed by atoms with Crippen molar-refractivity contribution in [3.8, 4) is 5.75 Å². The second-order valence-corrected chi connectivity index (χ2v) is 10.3. The van der Waals surface area contributed by atoms with E-state index < -0.39 is 17.4 Å². The lowest BCUT2D eigenvalue weighted by Gasteiger charge is -2.24. The number of hydrogen-bond donors (Lipinski definition) is 1. The number of fused-ring (bicyclic) bond motifs is 1. The highest BCUT2D eigenvalue weighted by atomic mass is 35.5. The predicted molar refractivity (Wildman–Crippen MR) is 138 cm³/mol. The van der Waals surface area contributed by atoms with Gasteiger partial charge in [-0.3, -0.25) is 9.59 Å². The first-order valence-electron chi connectivity index (χ1n) is 11.2. The molecule has 0 saturated carbocycles. The van der Waals surface area contributed by atoms with Crippen molar-refractivity contribution in [2.24, 2.45) is 0 Å². The minimum absolute atomic E-state index is 0.00757. The van der Waals surface area contributed by atoms with Crippen molar-refractivity contribution in [3.05, 3.63) is 97.7 Å². The van der Waals surface area contributed by atoms with Gasteiger partial charge in [-0.2, -0.15) is 0 Å². The van der Waals surface area contributed by atoms with Gasteiger partial charge in [0.15, 0.2) is 0 Å². The maximum atomic E-state index is 13.5. The molecule has 3 aromatic rings. The number of carboxylic acid groups (broad SMARTS) is 1. The smallest absolute Gasteiger partial charge is 0.305 e. The molecule has 0 bridgehead atoms. The average Bonchev–Trinajstić information content (AvgIpc) is 3.16. The summed E-state index contributed by atoms with van der Waals surface area (Å²) in [6, 6.07) is 14.9. The molecular weight excluding hydrogens is 528 g/mol. The summed E-state index contributed by atoms with van der Waals surface area (Å²) >= 11 is 18.4. The quantitative estimate of drug-likeness (QED) is 0.333. The van der Waals surface area contributed by atoms with E-state index in [0.29, 0.717) is 39.8 Å². The zero-order valence-corrected chi connectivity index (χ0v) is 21.6. The Labute approximate surface area is 223 Å². The van der Waals surface area contributed by atoms with Crippen LogP contribution in [-0.2, 0) is 24.2 Å². The first-order valence-corrected chi connectivity index (χ1v) is 12.4. The van der Waals surface area contributed by atoms with Crippen LogP contribution in [0.4, 0.5) is 4.39 Å². The molecule has 1 atom stereocenters. The summed E-state index contributed by atoms with van der Waals surface area (Å²) < 4.78 is 19.7. The molecule has 4 rings (SSSR count). The number of aliphatic carboxylic acids is 1. The molecule has 1 aliphatic heterocycles. The Morgan fingerprint density at radius 3 is 2.58 bits per heavy atom. The molecule has 36 heavy (non-hydrogen) atoms. The minimum Gasteiger partial charge on any atom is -0.487 e. The minimum atomic E-state index is -1.01. The number of halogens is 4. The van der Waals surface area contributed by atoms with Crippen molar-refractivity contribution < 1.29 is 23.8 Å². The van der Waals surface area contributed by atoms with Crippen molar-refractivity contribution in [1.29, 1.82) is 0 Å². The fraction of sp³-hybridized carbons (Fsp3) is 0.259. The van der Waals surface area contributed by atoms with E-state index in [1.54, 1.807) is 48.5 Å². The van der Waals surface area contributed by atoms with Gasteiger partial charge in [-0.05, 0) is 60.0 Å². The highest BCUT2D eigenvalue weighted by Crippen LogP contribution is 2.38. The molecule has 188 valence electrons. The third kappa shape index (κ3) is 5.94. The first kappa shape index (κ1) is 26.3. The van der Waals surface area contributed by atoms with Gasteiger partial charge in [0, 0.05) is 31.5 Å². The van der Waals surface area contributed by atoms with Crippen LogP contribution in [0.25, 0.3) is 0 Å². The van der Waals surface area contributed by atoms with E-state index in [1.165, 1.54) is 11.0 Å². The lowest BCUT2D eigenvalue weighted by Crippen LogP contribution is -2.33. The third-order valence-electron chi connectivity index (χ3n) is 6.07. The van der Waals surface area contributed by atoms with Crippen LogP contribution in [0.1, 0.15) is 40.4 Å². The summed E-state index contributed by atoms with van der Waals surface area (Å²) in [6.07, 6.45) is 0.826. The molecule has 0 aromatic heterocycles. The molecule has 0 aliphatic carbocycles. The number of benzene rings is 3. The number of amides is 1. The second kappa shape index (κ2) is 10.7. The van der Waals surface area contributed by atoms with Crippen LogP contribution in [0, 0.1) is 5.82 Å². The molecule has 0 unspecified atom stereocenters. The van der Waals surface area contributed by atoms with E-state index >= 15 is 0 Å². The summed E-state index contributed by atoms with van der Waals surface area (Å²) in [7, 11) is 0. The maximum absolute atomic E-state index is 13.5. The molecule has 0 fully saturated rings. The fourth-order valence-electron chi connectivity index (χ4n) is 4.38. The predicted octanol–water partition coefficient (Wildman–Crippen LogP) is 6.84.